The van der Waals surface area contributed by atoms with E-state index < -0.39 is 0 Å². The smallest absolute Gasteiger partial charge is 0.224 e. The monoisotopic (exact) mass is 280 g/mol. The van der Waals surface area contributed by atoms with Gasteiger partial charge < -0.3 is 11.1 Å². The molecule has 0 saturated carbocycles. The van der Waals surface area contributed by atoms with E-state index in [2.05, 4.69) is 15.3 Å². The van der Waals surface area contributed by atoms with E-state index in [1.165, 1.54) is 6.20 Å². The zero-order valence-corrected chi connectivity index (χ0v) is 11.4. The first-order valence-corrected chi connectivity index (χ1v) is 6.12. The zero-order chi connectivity index (χ0) is 14.0. The molecule has 0 spiro atoms. The second-order valence-electron chi connectivity index (χ2n) is 4.34. The number of hydrogen-bond acceptors (Lipinski definition) is 4. The highest BCUT2D eigenvalue weighted by atomic mass is 35.5. The number of aryl methyl sites for hydroxylation is 2. The number of rotatable bonds is 3. The summed E-state index contributed by atoms with van der Waals surface area (Å²) >= 11 is 5.70. The van der Waals surface area contributed by atoms with Gasteiger partial charge in [0.05, 0.1) is 11.9 Å². The highest BCUT2D eigenvalue weighted by molar-refractivity contribution is 6.28. The summed E-state index contributed by atoms with van der Waals surface area (Å²) < 4.78 is 13.5. The molecule has 6 heteroatoms. The molecule has 0 aliphatic heterocycles. The molecule has 2 rings (SSSR count). The molecule has 2 aromatic rings. The van der Waals surface area contributed by atoms with Crippen LogP contribution in [0.3, 0.4) is 0 Å². The van der Waals surface area contributed by atoms with Gasteiger partial charge >= 0.3 is 0 Å². The first-order valence-electron chi connectivity index (χ1n) is 5.75. The van der Waals surface area contributed by atoms with Gasteiger partial charge in [0.2, 0.25) is 5.28 Å². The van der Waals surface area contributed by atoms with Gasteiger partial charge in [-0.2, -0.15) is 4.98 Å². The Labute approximate surface area is 115 Å². The Morgan fingerprint density at radius 1 is 1.32 bits per heavy atom. The number of nitrogens with two attached hydrogens (primary N) is 1. The molecule has 3 N–H and O–H groups in total. The van der Waals surface area contributed by atoms with E-state index in [-0.39, 0.29) is 11.1 Å². The molecule has 0 aliphatic rings. The number of hydrogen-bond donors (Lipinski definition) is 2. The van der Waals surface area contributed by atoms with Gasteiger partial charge in [0.1, 0.15) is 5.82 Å². The van der Waals surface area contributed by atoms with Crippen LogP contribution in [0, 0.1) is 19.7 Å². The third kappa shape index (κ3) is 3.12. The molecule has 1 aromatic carbocycles. The second kappa shape index (κ2) is 5.40. The summed E-state index contributed by atoms with van der Waals surface area (Å²) in [6.45, 7) is 3.96. The van der Waals surface area contributed by atoms with Gasteiger partial charge in [-0.1, -0.05) is 12.1 Å². The normalized spacial score (nSPS) is 10.5. The maximum atomic E-state index is 13.5. The van der Waals surface area contributed by atoms with Gasteiger partial charge in [0.25, 0.3) is 0 Å². The molecule has 0 unspecified atom stereocenters. The van der Waals surface area contributed by atoms with Gasteiger partial charge in [-0.25, -0.2) is 9.37 Å². The van der Waals surface area contributed by atoms with Crippen molar-refractivity contribution in [3.8, 4) is 0 Å². The molecule has 0 saturated heterocycles. The Bertz CT molecular complexity index is 593. The third-order valence-electron chi connectivity index (χ3n) is 2.74. The Balaban J connectivity index is 2.17. The number of nitrogen functional groups attached to an aromatic ring is 1. The largest absolute Gasteiger partial charge is 0.394 e. The first-order chi connectivity index (χ1) is 8.97. The second-order valence-corrected chi connectivity index (χ2v) is 4.68. The summed E-state index contributed by atoms with van der Waals surface area (Å²) in [5.74, 6) is 0.299. The van der Waals surface area contributed by atoms with Crippen LogP contribution in [0.2, 0.25) is 5.28 Å². The first kappa shape index (κ1) is 13.5. The molecule has 0 atom stereocenters. The molecule has 100 valence electrons. The molecule has 4 nitrogen and oxygen atoms in total. The third-order valence-corrected chi connectivity index (χ3v) is 2.93. The maximum Gasteiger partial charge on any atom is 0.224 e. The van der Waals surface area contributed by atoms with Gasteiger partial charge in [-0.3, -0.25) is 0 Å². The van der Waals surface area contributed by atoms with E-state index in [4.69, 9.17) is 17.3 Å². The number of aromatic nitrogens is 2. The van der Waals surface area contributed by atoms with E-state index >= 15 is 0 Å². The molecule has 19 heavy (non-hydrogen) atoms. The average molecular weight is 281 g/mol. The van der Waals surface area contributed by atoms with Crippen LogP contribution in [0.1, 0.15) is 16.7 Å². The van der Waals surface area contributed by atoms with E-state index in [9.17, 15) is 4.39 Å². The van der Waals surface area contributed by atoms with E-state index in [1.807, 2.05) is 0 Å². The molecule has 0 aliphatic carbocycles. The lowest BCUT2D eigenvalue weighted by molar-refractivity contribution is 0.608. The maximum absolute atomic E-state index is 13.5. The van der Waals surface area contributed by atoms with Gasteiger partial charge in [-0.15, -0.1) is 0 Å². The van der Waals surface area contributed by atoms with Crippen LogP contribution < -0.4 is 11.1 Å². The molecule has 1 heterocycles. The van der Waals surface area contributed by atoms with Crippen LogP contribution in [0.5, 0.6) is 0 Å². The van der Waals surface area contributed by atoms with Crippen molar-refractivity contribution in [3.63, 3.8) is 0 Å². The van der Waals surface area contributed by atoms with E-state index in [0.717, 1.165) is 5.56 Å². The lowest BCUT2D eigenvalue weighted by atomic mass is 10.1. The lowest BCUT2D eigenvalue weighted by Gasteiger charge is -2.10. The summed E-state index contributed by atoms with van der Waals surface area (Å²) in [6, 6.07) is 3.57. The standard InChI is InChI=1S/C13H14ClFN4/c1-7-3-9(4-8(2)11(7)15)5-17-12-10(16)6-18-13(14)19-12/h3-4,6H,5,16H2,1-2H3,(H,17,18,19). The lowest BCUT2D eigenvalue weighted by Crippen LogP contribution is -2.06. The summed E-state index contributed by atoms with van der Waals surface area (Å²) in [5.41, 5.74) is 8.33. The fourth-order valence-corrected chi connectivity index (χ4v) is 1.97. The molecular formula is C13H14ClFN4. The highest BCUT2D eigenvalue weighted by Crippen LogP contribution is 2.19. The summed E-state index contributed by atoms with van der Waals surface area (Å²) in [6.07, 6.45) is 1.44. The van der Waals surface area contributed by atoms with Crippen LogP contribution >= 0.6 is 11.6 Å². The minimum atomic E-state index is -0.173. The molecule has 1 aromatic heterocycles. The van der Waals surface area contributed by atoms with Gasteiger partial charge in [0, 0.05) is 6.54 Å². The van der Waals surface area contributed by atoms with Crippen molar-refractivity contribution < 1.29 is 4.39 Å². The molecule has 0 amide bonds. The SMILES string of the molecule is Cc1cc(CNc2nc(Cl)ncc2N)cc(C)c1F. The number of nitrogens with one attached hydrogen (secondary N) is 1. The van der Waals surface area contributed by atoms with Crippen molar-refractivity contribution in [1.29, 1.82) is 0 Å². The molecular weight excluding hydrogens is 267 g/mol. The quantitative estimate of drug-likeness (QED) is 0.848. The number of benzene rings is 1. The molecule has 0 fully saturated rings. The van der Waals surface area contributed by atoms with Crippen molar-refractivity contribution in [2.45, 2.75) is 20.4 Å². The average Bonchev–Trinajstić information content (AvgIpc) is 2.37. The number of nitrogens with zero attached hydrogens (tertiary/aromatic N) is 2. The van der Waals surface area contributed by atoms with Crippen molar-refractivity contribution in [1.82, 2.24) is 9.97 Å². The Morgan fingerprint density at radius 3 is 2.58 bits per heavy atom. The Morgan fingerprint density at radius 2 is 1.95 bits per heavy atom. The number of halogens is 2. The van der Waals surface area contributed by atoms with Gasteiger partial charge in [0.15, 0.2) is 5.82 Å². The topological polar surface area (TPSA) is 63.8 Å². The van der Waals surface area contributed by atoms with Crippen LogP contribution in [0.25, 0.3) is 0 Å². The van der Waals surface area contributed by atoms with Crippen LogP contribution in [-0.2, 0) is 6.54 Å². The van der Waals surface area contributed by atoms with Crippen LogP contribution in [0.15, 0.2) is 18.3 Å². The molecule has 0 bridgehead atoms. The Hall–Kier alpha value is -1.88. The van der Waals surface area contributed by atoms with Crippen molar-refractivity contribution in [3.05, 3.63) is 46.1 Å². The Kier molecular flexibility index (Phi) is 3.85. The van der Waals surface area contributed by atoms with Crippen LogP contribution in [0.4, 0.5) is 15.9 Å². The zero-order valence-electron chi connectivity index (χ0n) is 10.7. The fourth-order valence-electron chi connectivity index (χ4n) is 1.83. The van der Waals surface area contributed by atoms with Crippen LogP contribution in [-0.4, -0.2) is 9.97 Å². The highest BCUT2D eigenvalue weighted by Gasteiger charge is 2.06. The minimum absolute atomic E-state index is 0.128. The summed E-state index contributed by atoms with van der Waals surface area (Å²) in [5, 5.41) is 3.19. The summed E-state index contributed by atoms with van der Waals surface area (Å²) in [4.78, 5) is 7.77. The van der Waals surface area contributed by atoms with Crippen molar-refractivity contribution in [2.75, 3.05) is 11.1 Å². The van der Waals surface area contributed by atoms with E-state index in [0.29, 0.717) is 29.2 Å². The predicted octanol–water partition coefficient (Wildman–Crippen LogP) is 3.08. The van der Waals surface area contributed by atoms with Gasteiger partial charge in [-0.05, 0) is 42.1 Å². The summed E-state index contributed by atoms with van der Waals surface area (Å²) in [7, 11) is 0. The predicted molar refractivity (Wildman–Crippen MR) is 74.7 cm³/mol. The number of anilines is 2. The fraction of sp³-hybridized carbons (Fsp3) is 0.231. The minimum Gasteiger partial charge on any atom is -0.394 e. The molecule has 0 radical (unpaired) electrons. The van der Waals surface area contributed by atoms with E-state index in [1.54, 1.807) is 26.0 Å². The van der Waals surface area contributed by atoms with Crippen molar-refractivity contribution in [2.24, 2.45) is 0 Å². The van der Waals surface area contributed by atoms with Crippen molar-refractivity contribution >= 4 is 23.1 Å².